The van der Waals surface area contributed by atoms with Gasteiger partial charge in [0.1, 0.15) is 17.2 Å². The molecule has 0 saturated carbocycles. The molecule has 9 heteroatoms. The minimum atomic E-state index is -0.536. The van der Waals surface area contributed by atoms with Crippen molar-refractivity contribution in [2.24, 2.45) is 7.05 Å². The van der Waals surface area contributed by atoms with Crippen molar-refractivity contribution < 1.29 is 14.5 Å². The lowest BCUT2D eigenvalue weighted by Gasteiger charge is -2.12. The number of nitrogens with one attached hydrogen (secondary N) is 1. The number of nitro benzene ring substituents is 1. The standard InChI is InChI=1S/C19H17BrN4O4/c1-11-4-5-12(2)17(6-11)28-15-8-13(7-14(9-15)24(26)27)22-19(25)18-16(20)10-21-23(18)3/h4-10H,1-3H3,(H,22,25). The van der Waals surface area contributed by atoms with E-state index in [0.29, 0.717) is 15.9 Å². The minimum absolute atomic E-state index is 0.192. The van der Waals surface area contributed by atoms with Gasteiger partial charge in [-0.3, -0.25) is 19.6 Å². The molecule has 0 aliphatic carbocycles. The van der Waals surface area contributed by atoms with Crippen LogP contribution in [0.5, 0.6) is 11.5 Å². The number of anilines is 1. The van der Waals surface area contributed by atoms with Crippen LogP contribution < -0.4 is 10.1 Å². The molecule has 1 heterocycles. The Morgan fingerprint density at radius 1 is 1.25 bits per heavy atom. The van der Waals surface area contributed by atoms with E-state index in [1.165, 1.54) is 29.1 Å². The van der Waals surface area contributed by atoms with Crippen LogP contribution in [0.4, 0.5) is 11.4 Å². The normalized spacial score (nSPS) is 10.6. The Morgan fingerprint density at radius 2 is 2.00 bits per heavy atom. The van der Waals surface area contributed by atoms with E-state index in [9.17, 15) is 14.9 Å². The fourth-order valence-electron chi connectivity index (χ4n) is 2.62. The second-order valence-corrected chi connectivity index (χ2v) is 7.12. The largest absolute Gasteiger partial charge is 0.457 e. The van der Waals surface area contributed by atoms with Crippen LogP contribution in [0, 0.1) is 24.0 Å². The average molecular weight is 445 g/mol. The zero-order valence-electron chi connectivity index (χ0n) is 15.4. The highest BCUT2D eigenvalue weighted by molar-refractivity contribution is 9.10. The highest BCUT2D eigenvalue weighted by atomic mass is 79.9. The summed E-state index contributed by atoms with van der Waals surface area (Å²) in [5, 5.41) is 18.0. The van der Waals surface area contributed by atoms with Gasteiger partial charge in [-0.2, -0.15) is 5.10 Å². The molecule has 0 aliphatic heterocycles. The molecule has 0 atom stereocenters. The smallest absolute Gasteiger partial charge is 0.275 e. The van der Waals surface area contributed by atoms with Crippen molar-refractivity contribution in [3.8, 4) is 11.5 Å². The summed E-state index contributed by atoms with van der Waals surface area (Å²) < 4.78 is 7.78. The number of hydrogen-bond acceptors (Lipinski definition) is 5. The molecular weight excluding hydrogens is 428 g/mol. The van der Waals surface area contributed by atoms with Gasteiger partial charge >= 0.3 is 0 Å². The Kier molecular flexibility index (Phi) is 5.46. The molecule has 0 unspecified atom stereocenters. The Balaban J connectivity index is 1.95. The second kappa shape index (κ2) is 7.81. The molecule has 0 fully saturated rings. The third-order valence-electron chi connectivity index (χ3n) is 4.04. The number of ether oxygens (including phenoxy) is 1. The highest BCUT2D eigenvalue weighted by Gasteiger charge is 2.18. The Bertz CT molecular complexity index is 1060. The molecule has 1 N–H and O–H groups in total. The third-order valence-corrected chi connectivity index (χ3v) is 4.62. The van der Waals surface area contributed by atoms with Gasteiger partial charge in [-0.15, -0.1) is 0 Å². The van der Waals surface area contributed by atoms with Gasteiger partial charge in [0.25, 0.3) is 11.6 Å². The van der Waals surface area contributed by atoms with Gasteiger partial charge in [-0.25, -0.2) is 0 Å². The van der Waals surface area contributed by atoms with Crippen LogP contribution >= 0.6 is 15.9 Å². The molecule has 144 valence electrons. The first-order valence-electron chi connectivity index (χ1n) is 8.28. The molecule has 0 bridgehead atoms. The quantitative estimate of drug-likeness (QED) is 0.451. The van der Waals surface area contributed by atoms with E-state index >= 15 is 0 Å². The first-order chi connectivity index (χ1) is 13.2. The number of halogens is 1. The van der Waals surface area contributed by atoms with Crippen molar-refractivity contribution in [1.29, 1.82) is 0 Å². The molecule has 8 nitrogen and oxygen atoms in total. The Hall–Kier alpha value is -3.20. The van der Waals surface area contributed by atoms with Gasteiger partial charge in [0.15, 0.2) is 0 Å². The van der Waals surface area contributed by atoms with Crippen LogP contribution in [0.1, 0.15) is 21.6 Å². The van der Waals surface area contributed by atoms with E-state index in [2.05, 4.69) is 26.3 Å². The molecule has 0 aliphatic rings. The van der Waals surface area contributed by atoms with E-state index in [4.69, 9.17) is 4.74 Å². The summed E-state index contributed by atoms with van der Waals surface area (Å²) >= 11 is 3.27. The first kappa shape index (κ1) is 19.6. The molecule has 0 radical (unpaired) electrons. The van der Waals surface area contributed by atoms with Crippen LogP contribution in [-0.4, -0.2) is 20.6 Å². The number of benzene rings is 2. The number of hydrogen-bond donors (Lipinski definition) is 1. The summed E-state index contributed by atoms with van der Waals surface area (Å²) in [6.07, 6.45) is 1.50. The number of nitrogens with zero attached hydrogens (tertiary/aromatic N) is 3. The van der Waals surface area contributed by atoms with Crippen molar-refractivity contribution in [2.45, 2.75) is 13.8 Å². The third kappa shape index (κ3) is 4.20. The zero-order chi connectivity index (χ0) is 20.4. The number of amides is 1. The van der Waals surface area contributed by atoms with Gasteiger partial charge in [-0.1, -0.05) is 12.1 Å². The molecule has 1 aromatic heterocycles. The molecule has 1 amide bonds. The van der Waals surface area contributed by atoms with E-state index < -0.39 is 10.8 Å². The van der Waals surface area contributed by atoms with Gasteiger partial charge in [0.05, 0.1) is 27.3 Å². The lowest BCUT2D eigenvalue weighted by Crippen LogP contribution is -2.16. The van der Waals surface area contributed by atoms with Crippen LogP contribution in [0.2, 0.25) is 0 Å². The number of nitro groups is 1. The van der Waals surface area contributed by atoms with E-state index in [1.807, 2.05) is 32.0 Å². The van der Waals surface area contributed by atoms with E-state index in [-0.39, 0.29) is 17.1 Å². The minimum Gasteiger partial charge on any atom is -0.457 e. The summed E-state index contributed by atoms with van der Waals surface area (Å²) in [5.41, 5.74) is 2.24. The van der Waals surface area contributed by atoms with Crippen LogP contribution in [0.15, 0.2) is 47.1 Å². The first-order valence-corrected chi connectivity index (χ1v) is 9.07. The average Bonchev–Trinajstić information content (AvgIpc) is 2.96. The van der Waals surface area contributed by atoms with Crippen LogP contribution in [0.3, 0.4) is 0 Å². The Morgan fingerprint density at radius 3 is 2.64 bits per heavy atom. The molecule has 0 spiro atoms. The summed E-state index contributed by atoms with van der Waals surface area (Å²) in [5.74, 6) is 0.388. The summed E-state index contributed by atoms with van der Waals surface area (Å²) in [4.78, 5) is 23.3. The Labute approximate surface area is 169 Å². The summed E-state index contributed by atoms with van der Waals surface area (Å²) in [6, 6.07) is 9.84. The summed E-state index contributed by atoms with van der Waals surface area (Å²) in [6.45, 7) is 3.81. The van der Waals surface area contributed by atoms with E-state index in [0.717, 1.165) is 11.1 Å². The molecule has 3 rings (SSSR count). The van der Waals surface area contributed by atoms with Gasteiger partial charge in [0, 0.05) is 19.2 Å². The lowest BCUT2D eigenvalue weighted by atomic mass is 10.1. The topological polar surface area (TPSA) is 99.3 Å². The second-order valence-electron chi connectivity index (χ2n) is 6.26. The lowest BCUT2D eigenvalue weighted by molar-refractivity contribution is -0.384. The summed E-state index contributed by atoms with van der Waals surface area (Å²) in [7, 11) is 1.63. The van der Waals surface area contributed by atoms with Gasteiger partial charge in [-0.05, 0) is 47.0 Å². The van der Waals surface area contributed by atoms with Crippen molar-refractivity contribution in [2.75, 3.05) is 5.32 Å². The van der Waals surface area contributed by atoms with Crippen molar-refractivity contribution in [3.05, 3.63) is 74.0 Å². The van der Waals surface area contributed by atoms with Crippen LogP contribution in [0.25, 0.3) is 0 Å². The maximum Gasteiger partial charge on any atom is 0.275 e. The number of carbonyl (C=O) groups excluding carboxylic acids is 1. The molecule has 0 saturated heterocycles. The number of aromatic nitrogens is 2. The zero-order valence-corrected chi connectivity index (χ0v) is 17.0. The number of aryl methyl sites for hydroxylation is 3. The fraction of sp³-hybridized carbons (Fsp3) is 0.158. The maximum atomic E-state index is 12.6. The van der Waals surface area contributed by atoms with Crippen LogP contribution in [-0.2, 0) is 7.05 Å². The molecular formula is C19H17BrN4O4. The molecule has 3 aromatic rings. The van der Waals surface area contributed by atoms with Gasteiger partial charge < -0.3 is 10.1 Å². The number of non-ortho nitro benzene ring substituents is 1. The number of carbonyl (C=O) groups is 1. The highest BCUT2D eigenvalue weighted by Crippen LogP contribution is 2.32. The predicted octanol–water partition coefficient (Wildman–Crippen LogP) is 4.75. The number of rotatable bonds is 5. The SMILES string of the molecule is Cc1ccc(C)c(Oc2cc(NC(=O)c3c(Br)cnn3C)cc([N+](=O)[O-])c2)c1. The maximum absolute atomic E-state index is 12.6. The van der Waals surface area contributed by atoms with Crippen molar-refractivity contribution in [3.63, 3.8) is 0 Å². The van der Waals surface area contributed by atoms with Crippen molar-refractivity contribution >= 4 is 33.2 Å². The fourth-order valence-corrected chi connectivity index (χ4v) is 3.15. The van der Waals surface area contributed by atoms with E-state index in [1.54, 1.807) is 7.05 Å². The van der Waals surface area contributed by atoms with Crippen molar-refractivity contribution in [1.82, 2.24) is 9.78 Å². The molecule has 2 aromatic carbocycles. The predicted molar refractivity (Wildman–Crippen MR) is 108 cm³/mol. The molecule has 28 heavy (non-hydrogen) atoms. The monoisotopic (exact) mass is 444 g/mol. The van der Waals surface area contributed by atoms with Gasteiger partial charge in [0.2, 0.25) is 0 Å².